The number of hydrogen-bond acceptors (Lipinski definition) is 5. The Bertz CT molecular complexity index is 855. The molecule has 0 spiro atoms. The van der Waals surface area contributed by atoms with Gasteiger partial charge in [-0.15, -0.1) is 0 Å². The number of fused-ring (bicyclic) bond motifs is 1. The molecule has 1 aliphatic carbocycles. The second-order valence-corrected chi connectivity index (χ2v) is 8.20. The van der Waals surface area contributed by atoms with Crippen molar-refractivity contribution in [3.05, 3.63) is 35.4 Å². The van der Waals surface area contributed by atoms with Crippen LogP contribution in [0.4, 0.5) is 10.6 Å². The van der Waals surface area contributed by atoms with E-state index in [1.165, 1.54) is 42.2 Å². The lowest BCUT2D eigenvalue weighted by Crippen LogP contribution is -2.49. The van der Waals surface area contributed by atoms with E-state index in [-0.39, 0.29) is 6.09 Å². The fourth-order valence-electron chi connectivity index (χ4n) is 4.43. The number of pyridine rings is 1. The summed E-state index contributed by atoms with van der Waals surface area (Å²) in [5.41, 5.74) is 3.53. The molecule has 156 valence electrons. The summed E-state index contributed by atoms with van der Waals surface area (Å²) in [7, 11) is 0. The first-order valence-electron chi connectivity index (χ1n) is 10.9. The molecule has 6 nitrogen and oxygen atoms in total. The number of anilines is 1. The smallest absolute Gasteiger partial charge is 0.409 e. The van der Waals surface area contributed by atoms with Crippen LogP contribution in [0.15, 0.2) is 24.3 Å². The molecule has 1 N–H and O–H groups in total. The van der Waals surface area contributed by atoms with Gasteiger partial charge in [0.1, 0.15) is 5.82 Å². The number of aryl methyl sites for hydroxylation is 1. The minimum atomic E-state index is -0.211. The van der Waals surface area contributed by atoms with Crippen molar-refractivity contribution < 1.29 is 9.53 Å². The third-order valence-corrected chi connectivity index (χ3v) is 6.07. The van der Waals surface area contributed by atoms with Gasteiger partial charge in [0, 0.05) is 49.7 Å². The molecule has 2 aliphatic rings. The van der Waals surface area contributed by atoms with E-state index in [2.05, 4.69) is 41.4 Å². The lowest BCUT2D eigenvalue weighted by Gasteiger charge is -2.35. The van der Waals surface area contributed by atoms with E-state index in [0.29, 0.717) is 25.7 Å². The number of amides is 1. The number of carbonyl (C=O) groups excluding carboxylic acids is 1. The summed E-state index contributed by atoms with van der Waals surface area (Å²) in [6.45, 7) is 8.12. The fraction of sp³-hybridized carbons (Fsp3) is 0.565. The standard InChI is InChI=1S/C23H32N4O2/c1-3-29-23(28)27-12-10-26(11-13-27)22-19(16-24-20-6-4-5-7-20)15-18-14-17(2)8-9-21(18)25-22/h8-9,14-15,20,24H,3-7,10-13,16H2,1-2H3. The van der Waals surface area contributed by atoms with Gasteiger partial charge in [0.2, 0.25) is 0 Å². The molecule has 1 aromatic heterocycles. The average molecular weight is 397 g/mol. The molecule has 1 saturated carbocycles. The maximum absolute atomic E-state index is 12.0. The normalized spacial score (nSPS) is 17.9. The fourth-order valence-corrected chi connectivity index (χ4v) is 4.43. The molecule has 2 heterocycles. The molecule has 2 fully saturated rings. The monoisotopic (exact) mass is 396 g/mol. The van der Waals surface area contributed by atoms with Crippen LogP contribution in [0, 0.1) is 6.92 Å². The third-order valence-electron chi connectivity index (χ3n) is 6.07. The van der Waals surface area contributed by atoms with Gasteiger partial charge < -0.3 is 19.9 Å². The Hall–Kier alpha value is -2.34. The van der Waals surface area contributed by atoms with Crippen LogP contribution in [0.1, 0.15) is 43.7 Å². The summed E-state index contributed by atoms with van der Waals surface area (Å²) < 4.78 is 5.15. The summed E-state index contributed by atoms with van der Waals surface area (Å²) in [4.78, 5) is 21.2. The Morgan fingerprint density at radius 2 is 1.93 bits per heavy atom. The summed E-state index contributed by atoms with van der Waals surface area (Å²) in [5, 5.41) is 4.95. The van der Waals surface area contributed by atoms with Crippen molar-refractivity contribution in [2.75, 3.05) is 37.7 Å². The van der Waals surface area contributed by atoms with E-state index in [0.717, 1.165) is 31.0 Å². The van der Waals surface area contributed by atoms with Crippen LogP contribution >= 0.6 is 0 Å². The van der Waals surface area contributed by atoms with E-state index in [1.807, 2.05) is 6.92 Å². The lowest BCUT2D eigenvalue weighted by atomic mass is 10.1. The highest BCUT2D eigenvalue weighted by atomic mass is 16.6. The quantitative estimate of drug-likeness (QED) is 0.832. The van der Waals surface area contributed by atoms with Crippen molar-refractivity contribution in [1.29, 1.82) is 0 Å². The molecular weight excluding hydrogens is 364 g/mol. The zero-order valence-corrected chi connectivity index (χ0v) is 17.6. The Labute approximate surface area is 173 Å². The molecule has 1 aromatic carbocycles. The minimum Gasteiger partial charge on any atom is -0.450 e. The largest absolute Gasteiger partial charge is 0.450 e. The van der Waals surface area contributed by atoms with Crippen LogP contribution in [0.2, 0.25) is 0 Å². The number of carbonyl (C=O) groups is 1. The number of ether oxygens (including phenoxy) is 1. The Morgan fingerprint density at radius 1 is 1.17 bits per heavy atom. The highest BCUT2D eigenvalue weighted by molar-refractivity contribution is 5.82. The van der Waals surface area contributed by atoms with E-state index >= 15 is 0 Å². The van der Waals surface area contributed by atoms with Gasteiger partial charge in [-0.3, -0.25) is 0 Å². The van der Waals surface area contributed by atoms with Gasteiger partial charge in [-0.25, -0.2) is 9.78 Å². The maximum Gasteiger partial charge on any atom is 0.409 e. The SMILES string of the molecule is CCOC(=O)N1CCN(c2nc3ccc(C)cc3cc2CNC2CCCC2)CC1. The Balaban J connectivity index is 1.55. The van der Waals surface area contributed by atoms with Gasteiger partial charge in [0.25, 0.3) is 0 Å². The number of aromatic nitrogens is 1. The van der Waals surface area contributed by atoms with E-state index in [4.69, 9.17) is 9.72 Å². The molecule has 29 heavy (non-hydrogen) atoms. The van der Waals surface area contributed by atoms with Crippen molar-refractivity contribution in [1.82, 2.24) is 15.2 Å². The maximum atomic E-state index is 12.0. The molecule has 1 aliphatic heterocycles. The highest BCUT2D eigenvalue weighted by Crippen LogP contribution is 2.27. The minimum absolute atomic E-state index is 0.211. The number of nitrogens with one attached hydrogen (secondary N) is 1. The average Bonchev–Trinajstić information content (AvgIpc) is 3.25. The molecule has 0 bridgehead atoms. The molecule has 0 atom stereocenters. The van der Waals surface area contributed by atoms with Crippen LogP contribution in [-0.4, -0.2) is 54.8 Å². The molecule has 4 rings (SSSR count). The summed E-state index contributed by atoms with van der Waals surface area (Å²) in [6, 6.07) is 9.36. The van der Waals surface area contributed by atoms with Gasteiger partial charge in [-0.05, 0) is 44.9 Å². The second-order valence-electron chi connectivity index (χ2n) is 8.20. The second kappa shape index (κ2) is 8.99. The molecule has 0 radical (unpaired) electrons. The zero-order valence-electron chi connectivity index (χ0n) is 17.6. The van der Waals surface area contributed by atoms with E-state index in [1.54, 1.807) is 4.90 Å². The molecule has 2 aromatic rings. The molecular formula is C23H32N4O2. The predicted octanol–water partition coefficient (Wildman–Crippen LogP) is 3.85. The summed E-state index contributed by atoms with van der Waals surface area (Å²) in [5.74, 6) is 1.05. The van der Waals surface area contributed by atoms with Crippen LogP contribution in [0.3, 0.4) is 0 Å². The van der Waals surface area contributed by atoms with E-state index in [9.17, 15) is 4.79 Å². The van der Waals surface area contributed by atoms with Crippen molar-refractivity contribution in [2.45, 2.75) is 52.1 Å². The third kappa shape index (κ3) is 4.64. The summed E-state index contributed by atoms with van der Waals surface area (Å²) in [6.07, 6.45) is 4.99. The number of nitrogens with zero attached hydrogens (tertiary/aromatic N) is 3. The highest BCUT2D eigenvalue weighted by Gasteiger charge is 2.25. The van der Waals surface area contributed by atoms with E-state index < -0.39 is 0 Å². The lowest BCUT2D eigenvalue weighted by molar-refractivity contribution is 0.105. The number of benzene rings is 1. The van der Waals surface area contributed by atoms with Crippen LogP contribution < -0.4 is 10.2 Å². The van der Waals surface area contributed by atoms with Crippen molar-refractivity contribution in [3.8, 4) is 0 Å². The van der Waals surface area contributed by atoms with Crippen molar-refractivity contribution >= 4 is 22.8 Å². The van der Waals surface area contributed by atoms with Gasteiger partial charge in [0.05, 0.1) is 12.1 Å². The van der Waals surface area contributed by atoms with Gasteiger partial charge in [0.15, 0.2) is 0 Å². The Kier molecular flexibility index (Phi) is 6.19. The number of piperazine rings is 1. The van der Waals surface area contributed by atoms with Crippen LogP contribution in [0.25, 0.3) is 10.9 Å². The first-order valence-corrected chi connectivity index (χ1v) is 10.9. The van der Waals surface area contributed by atoms with Gasteiger partial charge in [-0.2, -0.15) is 0 Å². The number of hydrogen-bond donors (Lipinski definition) is 1. The molecule has 1 saturated heterocycles. The van der Waals surface area contributed by atoms with Crippen LogP contribution in [-0.2, 0) is 11.3 Å². The van der Waals surface area contributed by atoms with Crippen molar-refractivity contribution in [2.24, 2.45) is 0 Å². The van der Waals surface area contributed by atoms with Crippen LogP contribution in [0.5, 0.6) is 0 Å². The molecule has 0 unspecified atom stereocenters. The van der Waals surface area contributed by atoms with Gasteiger partial charge in [-0.1, -0.05) is 24.5 Å². The first kappa shape index (κ1) is 20.0. The predicted molar refractivity (Wildman–Crippen MR) is 116 cm³/mol. The number of rotatable bonds is 5. The molecule has 6 heteroatoms. The zero-order chi connectivity index (χ0) is 20.2. The topological polar surface area (TPSA) is 57.7 Å². The van der Waals surface area contributed by atoms with Crippen molar-refractivity contribution in [3.63, 3.8) is 0 Å². The molecule has 1 amide bonds. The Morgan fingerprint density at radius 3 is 2.66 bits per heavy atom. The first-order chi connectivity index (χ1) is 14.1. The van der Waals surface area contributed by atoms with Gasteiger partial charge >= 0.3 is 6.09 Å². The summed E-state index contributed by atoms with van der Waals surface area (Å²) >= 11 is 0.